The number of aromatic nitrogens is 2. The van der Waals surface area contributed by atoms with Gasteiger partial charge in [0, 0.05) is 32.4 Å². The van der Waals surface area contributed by atoms with Crippen molar-refractivity contribution in [3.05, 3.63) is 18.0 Å². The first kappa shape index (κ1) is 15.1. The van der Waals surface area contributed by atoms with Gasteiger partial charge in [-0.05, 0) is 61.7 Å². The van der Waals surface area contributed by atoms with Crippen molar-refractivity contribution in [3.63, 3.8) is 0 Å². The molecule has 4 bridgehead atoms. The molecule has 1 aromatic heterocycles. The van der Waals surface area contributed by atoms with Crippen LogP contribution in [0.4, 0.5) is 5.95 Å². The summed E-state index contributed by atoms with van der Waals surface area (Å²) in [4.78, 5) is 22.8. The number of ketones is 1. The number of nitrogens with zero attached hydrogens (tertiary/aromatic N) is 3. The highest BCUT2D eigenvalue weighted by molar-refractivity contribution is 5.95. The lowest BCUT2D eigenvalue weighted by Crippen LogP contribution is -2.50. The molecule has 0 radical (unpaired) electrons. The molecule has 0 amide bonds. The van der Waals surface area contributed by atoms with E-state index in [0.717, 1.165) is 30.2 Å². The van der Waals surface area contributed by atoms with E-state index in [0.29, 0.717) is 17.4 Å². The molecule has 4 fully saturated rings. The van der Waals surface area contributed by atoms with Gasteiger partial charge in [0.15, 0.2) is 5.78 Å². The Balaban J connectivity index is 1.47. The third-order valence-electron chi connectivity index (χ3n) is 6.36. The van der Waals surface area contributed by atoms with Gasteiger partial charge in [0.1, 0.15) is 0 Å². The second kappa shape index (κ2) is 5.57. The van der Waals surface area contributed by atoms with Gasteiger partial charge in [-0.1, -0.05) is 6.92 Å². The average Bonchev–Trinajstić information content (AvgIpc) is 2.52. The molecule has 4 aliphatic carbocycles. The summed E-state index contributed by atoms with van der Waals surface area (Å²) in [5.74, 6) is 3.79. The third-order valence-corrected chi connectivity index (χ3v) is 6.36. The normalized spacial score (nSPS) is 34.6. The molecule has 1 heterocycles. The second-order valence-electron chi connectivity index (χ2n) is 8.32. The van der Waals surface area contributed by atoms with Crippen LogP contribution in [0.1, 0.15) is 62.2 Å². The predicted molar refractivity (Wildman–Crippen MR) is 90.5 cm³/mol. The van der Waals surface area contributed by atoms with Crippen LogP contribution in [0.25, 0.3) is 0 Å². The van der Waals surface area contributed by atoms with Crippen LogP contribution in [0.5, 0.6) is 0 Å². The summed E-state index contributed by atoms with van der Waals surface area (Å²) in [7, 11) is 2.11. The maximum absolute atomic E-state index is 11.7. The van der Waals surface area contributed by atoms with Gasteiger partial charge < -0.3 is 4.90 Å². The standard InChI is InChI=1S/C19H27N3O/c1-3-17(23)16-10-20-18(21-11-16)22(2)12-19-7-13-4-14(8-19)6-15(5-13)9-19/h10-11,13-15H,3-9,12H2,1-2H3. The molecule has 0 unspecified atom stereocenters. The molecule has 0 spiro atoms. The number of hydrogen-bond acceptors (Lipinski definition) is 4. The van der Waals surface area contributed by atoms with Gasteiger partial charge in [0.05, 0.1) is 5.56 Å². The number of hydrogen-bond donors (Lipinski definition) is 0. The van der Waals surface area contributed by atoms with E-state index in [1.807, 2.05) is 6.92 Å². The summed E-state index contributed by atoms with van der Waals surface area (Å²) < 4.78 is 0. The number of carbonyl (C=O) groups excluding carboxylic acids is 1. The third kappa shape index (κ3) is 2.77. The van der Waals surface area contributed by atoms with Gasteiger partial charge in [-0.25, -0.2) is 9.97 Å². The minimum Gasteiger partial charge on any atom is -0.343 e. The molecule has 0 aromatic carbocycles. The highest BCUT2D eigenvalue weighted by Gasteiger charge is 2.51. The minimum absolute atomic E-state index is 0.111. The summed E-state index contributed by atoms with van der Waals surface area (Å²) >= 11 is 0. The quantitative estimate of drug-likeness (QED) is 0.777. The molecule has 1 aromatic rings. The smallest absolute Gasteiger partial charge is 0.225 e. The van der Waals surface area contributed by atoms with Crippen LogP contribution in [0.15, 0.2) is 12.4 Å². The minimum atomic E-state index is 0.111. The van der Waals surface area contributed by atoms with E-state index in [2.05, 4.69) is 21.9 Å². The Morgan fingerprint density at radius 3 is 2.13 bits per heavy atom. The van der Waals surface area contributed by atoms with Crippen molar-refractivity contribution in [1.29, 1.82) is 0 Å². The highest BCUT2D eigenvalue weighted by atomic mass is 16.1. The van der Waals surface area contributed by atoms with E-state index in [4.69, 9.17) is 0 Å². The summed E-state index contributed by atoms with van der Waals surface area (Å²) in [6.45, 7) is 2.94. The Hall–Kier alpha value is -1.45. The molecule has 124 valence electrons. The zero-order valence-corrected chi connectivity index (χ0v) is 14.3. The lowest BCUT2D eigenvalue weighted by atomic mass is 9.49. The number of carbonyl (C=O) groups is 1. The fraction of sp³-hybridized carbons (Fsp3) is 0.737. The largest absolute Gasteiger partial charge is 0.343 e. The van der Waals surface area contributed by atoms with Crippen LogP contribution < -0.4 is 4.90 Å². The maximum Gasteiger partial charge on any atom is 0.225 e. The van der Waals surface area contributed by atoms with Crippen LogP contribution in [-0.2, 0) is 0 Å². The lowest BCUT2D eigenvalue weighted by molar-refractivity contribution is -0.0473. The summed E-state index contributed by atoms with van der Waals surface area (Å²) in [6, 6.07) is 0. The average molecular weight is 313 g/mol. The van der Waals surface area contributed by atoms with Crippen LogP contribution >= 0.6 is 0 Å². The van der Waals surface area contributed by atoms with Gasteiger partial charge in [0.25, 0.3) is 0 Å². The number of anilines is 1. The van der Waals surface area contributed by atoms with Crippen molar-refractivity contribution in [2.24, 2.45) is 23.2 Å². The first-order valence-electron chi connectivity index (χ1n) is 9.13. The molecular formula is C19H27N3O. The summed E-state index contributed by atoms with van der Waals surface area (Å²) in [6.07, 6.45) is 12.5. The molecule has 0 saturated heterocycles. The Morgan fingerprint density at radius 2 is 1.65 bits per heavy atom. The van der Waals surface area contributed by atoms with Crippen molar-refractivity contribution in [1.82, 2.24) is 9.97 Å². The van der Waals surface area contributed by atoms with Crippen molar-refractivity contribution < 1.29 is 4.79 Å². The van der Waals surface area contributed by atoms with Crippen molar-refractivity contribution in [3.8, 4) is 0 Å². The van der Waals surface area contributed by atoms with Gasteiger partial charge >= 0.3 is 0 Å². The molecule has 4 heteroatoms. The second-order valence-corrected chi connectivity index (χ2v) is 8.32. The van der Waals surface area contributed by atoms with Gasteiger partial charge in [-0.2, -0.15) is 0 Å². The Bertz CT molecular complexity index is 560. The van der Waals surface area contributed by atoms with Crippen LogP contribution in [0.3, 0.4) is 0 Å². The van der Waals surface area contributed by atoms with Crippen LogP contribution in [0, 0.1) is 23.2 Å². The van der Waals surface area contributed by atoms with Gasteiger partial charge in [-0.15, -0.1) is 0 Å². The molecule has 4 aliphatic rings. The Morgan fingerprint density at radius 1 is 1.13 bits per heavy atom. The molecule has 0 N–H and O–H groups in total. The maximum atomic E-state index is 11.7. The summed E-state index contributed by atoms with van der Waals surface area (Å²) in [5.41, 5.74) is 1.12. The van der Waals surface area contributed by atoms with E-state index in [-0.39, 0.29) is 5.78 Å². The number of Topliss-reactive ketones (excluding diaryl/α,β-unsaturated/α-hetero) is 1. The molecular weight excluding hydrogens is 286 g/mol. The zero-order chi connectivity index (χ0) is 16.0. The van der Waals surface area contributed by atoms with E-state index < -0.39 is 0 Å². The first-order valence-corrected chi connectivity index (χ1v) is 9.13. The van der Waals surface area contributed by atoms with Gasteiger partial charge in [-0.3, -0.25) is 4.79 Å². The van der Waals surface area contributed by atoms with Crippen molar-refractivity contribution >= 4 is 11.7 Å². The van der Waals surface area contributed by atoms with Crippen molar-refractivity contribution in [2.45, 2.75) is 51.9 Å². The first-order chi connectivity index (χ1) is 11.1. The molecule has 4 saturated carbocycles. The van der Waals surface area contributed by atoms with Crippen LogP contribution in [-0.4, -0.2) is 29.3 Å². The highest BCUT2D eigenvalue weighted by Crippen LogP contribution is 2.60. The van der Waals surface area contributed by atoms with E-state index in [1.165, 1.54) is 38.5 Å². The Labute approximate surface area is 138 Å². The Kier molecular flexibility index (Phi) is 3.66. The van der Waals surface area contributed by atoms with E-state index in [1.54, 1.807) is 12.4 Å². The molecule has 4 nitrogen and oxygen atoms in total. The van der Waals surface area contributed by atoms with Crippen molar-refractivity contribution in [2.75, 3.05) is 18.5 Å². The SMILES string of the molecule is CCC(=O)c1cnc(N(C)CC23CC4CC(CC(C4)C2)C3)nc1. The number of rotatable bonds is 5. The molecule has 23 heavy (non-hydrogen) atoms. The van der Waals surface area contributed by atoms with Gasteiger partial charge in [0.2, 0.25) is 5.95 Å². The topological polar surface area (TPSA) is 46.1 Å². The summed E-state index contributed by atoms with van der Waals surface area (Å²) in [5, 5.41) is 0. The molecule has 5 rings (SSSR count). The van der Waals surface area contributed by atoms with E-state index in [9.17, 15) is 4.79 Å². The fourth-order valence-corrected chi connectivity index (χ4v) is 5.92. The van der Waals surface area contributed by atoms with Crippen LogP contribution in [0.2, 0.25) is 0 Å². The molecule has 0 atom stereocenters. The monoisotopic (exact) mass is 313 g/mol. The lowest BCUT2D eigenvalue weighted by Gasteiger charge is -2.57. The van der Waals surface area contributed by atoms with E-state index >= 15 is 0 Å². The predicted octanol–water partition coefficient (Wildman–Crippen LogP) is 3.72. The fourth-order valence-electron chi connectivity index (χ4n) is 5.92. The zero-order valence-electron chi connectivity index (χ0n) is 14.3. The molecule has 0 aliphatic heterocycles.